The van der Waals surface area contributed by atoms with Crippen molar-refractivity contribution >= 4 is 6.09 Å². The van der Waals surface area contributed by atoms with Crippen molar-refractivity contribution in [3.05, 3.63) is 42.2 Å². The molecule has 1 aliphatic heterocycles. The molecule has 0 spiro atoms. The number of hydrogen-bond acceptors (Lipinski definition) is 7. The summed E-state index contributed by atoms with van der Waals surface area (Å²) in [6.07, 6.45) is 4.26. The fourth-order valence-corrected chi connectivity index (χ4v) is 3.39. The molecule has 0 saturated carbocycles. The molecule has 2 heterocycles. The number of benzene rings is 1. The number of likely N-dealkylation sites (tertiary alicyclic amines) is 1. The van der Waals surface area contributed by atoms with Crippen LogP contribution < -0.4 is 4.74 Å². The second-order valence-electron chi connectivity index (χ2n) is 8.74. The molecule has 0 aliphatic carbocycles. The number of ether oxygens (including phenoxy) is 3. The number of rotatable bonds is 6. The Bertz CT molecular complexity index is 872. The zero-order valence-electron chi connectivity index (χ0n) is 18.6. The number of hydrogen-bond donors (Lipinski definition) is 1. The summed E-state index contributed by atoms with van der Waals surface area (Å²) >= 11 is 0. The standard InChI is InChI=1S/C23H31N3O5/c1-22(2,3)31-21(28)26-10-8-23(29-4,9-11-26)16-30-19-13-24-20(25-14-19)18-7-5-6-17(12-18)15-27/h5-7,12-14,27H,8-11,15-16H2,1-4H3. The molecular weight excluding hydrogens is 398 g/mol. The quantitative estimate of drug-likeness (QED) is 0.752. The van der Waals surface area contributed by atoms with Crippen LogP contribution in [0.2, 0.25) is 0 Å². The first-order valence-corrected chi connectivity index (χ1v) is 10.4. The van der Waals surface area contributed by atoms with Crippen LogP contribution in [0.15, 0.2) is 36.7 Å². The average Bonchev–Trinajstić information content (AvgIpc) is 2.77. The first-order valence-electron chi connectivity index (χ1n) is 10.4. The topological polar surface area (TPSA) is 94.0 Å². The van der Waals surface area contributed by atoms with Crippen LogP contribution in [0.1, 0.15) is 39.2 Å². The Morgan fingerprint density at radius 1 is 1.19 bits per heavy atom. The lowest BCUT2D eigenvalue weighted by molar-refractivity contribution is -0.0836. The van der Waals surface area contributed by atoms with Gasteiger partial charge in [0.1, 0.15) is 17.8 Å². The molecule has 31 heavy (non-hydrogen) atoms. The summed E-state index contributed by atoms with van der Waals surface area (Å²) in [4.78, 5) is 22.7. The number of carbonyl (C=O) groups excluding carboxylic acids is 1. The van der Waals surface area contributed by atoms with Gasteiger partial charge in [-0.2, -0.15) is 0 Å². The Morgan fingerprint density at radius 2 is 1.87 bits per heavy atom. The summed E-state index contributed by atoms with van der Waals surface area (Å²) < 4.78 is 17.2. The Hall–Kier alpha value is -2.71. The highest BCUT2D eigenvalue weighted by Crippen LogP contribution is 2.28. The van der Waals surface area contributed by atoms with Gasteiger partial charge in [-0.1, -0.05) is 18.2 Å². The third-order valence-corrected chi connectivity index (χ3v) is 5.26. The number of methoxy groups -OCH3 is 1. The molecule has 1 aromatic carbocycles. The summed E-state index contributed by atoms with van der Waals surface area (Å²) in [6, 6.07) is 7.46. The van der Waals surface area contributed by atoms with Crippen molar-refractivity contribution in [3.8, 4) is 17.1 Å². The lowest BCUT2D eigenvalue weighted by atomic mass is 9.92. The molecule has 8 nitrogen and oxygen atoms in total. The summed E-state index contributed by atoms with van der Waals surface area (Å²) in [5.41, 5.74) is 0.649. The van der Waals surface area contributed by atoms with Gasteiger partial charge in [0.25, 0.3) is 0 Å². The van der Waals surface area contributed by atoms with Crippen molar-refractivity contribution < 1.29 is 24.1 Å². The van der Waals surface area contributed by atoms with E-state index in [9.17, 15) is 9.90 Å². The lowest BCUT2D eigenvalue weighted by Crippen LogP contribution is -2.51. The molecule has 0 bridgehead atoms. The molecule has 1 aliphatic rings. The Labute approximate surface area is 183 Å². The van der Waals surface area contributed by atoms with Crippen LogP contribution >= 0.6 is 0 Å². The van der Waals surface area contributed by atoms with E-state index in [-0.39, 0.29) is 12.7 Å². The molecular formula is C23H31N3O5. The summed E-state index contributed by atoms with van der Waals surface area (Å²) in [6.45, 7) is 6.98. The van der Waals surface area contributed by atoms with Crippen molar-refractivity contribution in [2.45, 2.75) is 51.4 Å². The highest BCUT2D eigenvalue weighted by atomic mass is 16.6. The molecule has 1 amide bonds. The summed E-state index contributed by atoms with van der Waals surface area (Å²) in [7, 11) is 1.67. The summed E-state index contributed by atoms with van der Waals surface area (Å²) in [5, 5.41) is 9.29. The van der Waals surface area contributed by atoms with Gasteiger partial charge in [0.2, 0.25) is 0 Å². The zero-order valence-corrected chi connectivity index (χ0v) is 18.6. The number of aliphatic hydroxyl groups is 1. The van der Waals surface area contributed by atoms with Gasteiger partial charge in [0.15, 0.2) is 11.6 Å². The number of aliphatic hydroxyl groups excluding tert-OH is 1. The maximum absolute atomic E-state index is 12.3. The van der Waals surface area contributed by atoms with E-state index >= 15 is 0 Å². The minimum Gasteiger partial charge on any atom is -0.487 e. The van der Waals surface area contributed by atoms with Crippen molar-refractivity contribution in [1.29, 1.82) is 0 Å². The fraction of sp³-hybridized carbons (Fsp3) is 0.522. The molecule has 8 heteroatoms. The molecule has 1 fully saturated rings. The van der Waals surface area contributed by atoms with E-state index in [1.807, 2.05) is 45.0 Å². The van der Waals surface area contributed by atoms with Crippen LogP contribution in [0.3, 0.4) is 0 Å². The van der Waals surface area contributed by atoms with E-state index in [2.05, 4.69) is 9.97 Å². The van der Waals surface area contributed by atoms with E-state index < -0.39 is 11.2 Å². The maximum atomic E-state index is 12.3. The smallest absolute Gasteiger partial charge is 0.410 e. The molecule has 2 aromatic rings. The number of amides is 1. The van der Waals surface area contributed by atoms with Gasteiger partial charge < -0.3 is 24.2 Å². The van der Waals surface area contributed by atoms with Crippen LogP contribution in [0.5, 0.6) is 5.75 Å². The average molecular weight is 430 g/mol. The van der Waals surface area contributed by atoms with Crippen LogP contribution in [-0.2, 0) is 16.1 Å². The largest absolute Gasteiger partial charge is 0.487 e. The number of aromatic nitrogens is 2. The van der Waals surface area contributed by atoms with Crippen LogP contribution in [0.4, 0.5) is 4.79 Å². The van der Waals surface area contributed by atoms with Crippen molar-refractivity contribution in [1.82, 2.24) is 14.9 Å². The molecule has 0 atom stereocenters. The molecule has 168 valence electrons. The third-order valence-electron chi connectivity index (χ3n) is 5.26. The highest BCUT2D eigenvalue weighted by Gasteiger charge is 2.38. The molecule has 1 aromatic heterocycles. The van der Waals surface area contributed by atoms with Gasteiger partial charge in [-0.15, -0.1) is 0 Å². The normalized spacial score (nSPS) is 16.1. The Balaban J connectivity index is 1.56. The molecule has 3 rings (SSSR count). The van der Waals surface area contributed by atoms with Gasteiger partial charge in [0.05, 0.1) is 19.0 Å². The number of piperidine rings is 1. The monoisotopic (exact) mass is 429 g/mol. The van der Waals surface area contributed by atoms with E-state index in [1.165, 1.54) is 0 Å². The third kappa shape index (κ3) is 6.15. The van der Waals surface area contributed by atoms with Gasteiger partial charge in [0, 0.05) is 25.8 Å². The van der Waals surface area contributed by atoms with Crippen LogP contribution in [0.25, 0.3) is 11.4 Å². The van der Waals surface area contributed by atoms with E-state index in [1.54, 1.807) is 24.4 Å². The molecule has 1 N–H and O–H groups in total. The molecule has 1 saturated heterocycles. The van der Waals surface area contributed by atoms with Crippen molar-refractivity contribution in [3.63, 3.8) is 0 Å². The second kappa shape index (κ2) is 9.62. The first-order chi connectivity index (χ1) is 14.7. The lowest BCUT2D eigenvalue weighted by Gasteiger charge is -2.40. The highest BCUT2D eigenvalue weighted by molar-refractivity contribution is 5.68. The van der Waals surface area contributed by atoms with E-state index in [4.69, 9.17) is 14.2 Å². The van der Waals surface area contributed by atoms with E-state index in [0.717, 1.165) is 11.1 Å². The minimum atomic E-state index is -0.512. The van der Waals surface area contributed by atoms with Gasteiger partial charge in [-0.05, 0) is 45.2 Å². The fourth-order valence-electron chi connectivity index (χ4n) is 3.39. The second-order valence-corrected chi connectivity index (χ2v) is 8.74. The van der Waals surface area contributed by atoms with Gasteiger partial charge in [-0.25, -0.2) is 14.8 Å². The molecule has 0 radical (unpaired) electrons. The van der Waals surface area contributed by atoms with Gasteiger partial charge in [-0.3, -0.25) is 0 Å². The number of carbonyl (C=O) groups is 1. The Kier molecular flexibility index (Phi) is 7.12. The predicted octanol–water partition coefficient (Wildman–Crippen LogP) is 3.43. The van der Waals surface area contributed by atoms with Crippen molar-refractivity contribution in [2.75, 3.05) is 26.8 Å². The molecule has 0 unspecified atom stereocenters. The van der Waals surface area contributed by atoms with Crippen LogP contribution in [-0.4, -0.2) is 64.1 Å². The summed E-state index contributed by atoms with van der Waals surface area (Å²) in [5.74, 6) is 1.11. The number of nitrogens with zero attached hydrogens (tertiary/aromatic N) is 3. The first kappa shape index (κ1) is 23.0. The minimum absolute atomic E-state index is 0.0283. The van der Waals surface area contributed by atoms with Crippen molar-refractivity contribution in [2.24, 2.45) is 0 Å². The zero-order chi connectivity index (χ0) is 22.5. The SMILES string of the molecule is COC1(COc2cnc(-c3cccc(CO)c3)nc2)CCN(C(=O)OC(C)(C)C)CC1. The van der Waals surface area contributed by atoms with E-state index in [0.29, 0.717) is 44.1 Å². The Morgan fingerprint density at radius 3 is 2.45 bits per heavy atom. The predicted molar refractivity (Wildman–Crippen MR) is 116 cm³/mol. The maximum Gasteiger partial charge on any atom is 0.410 e. The van der Waals surface area contributed by atoms with Gasteiger partial charge >= 0.3 is 6.09 Å². The van der Waals surface area contributed by atoms with Crippen LogP contribution in [0, 0.1) is 0 Å².